The van der Waals surface area contributed by atoms with E-state index in [-0.39, 0.29) is 17.3 Å². The molecule has 0 saturated carbocycles. The number of hydrogen-bond donors (Lipinski definition) is 0. The van der Waals surface area contributed by atoms with E-state index in [1.807, 2.05) is 27.7 Å². The number of halogens is 1. The summed E-state index contributed by atoms with van der Waals surface area (Å²) >= 11 is 5.44. The maximum absolute atomic E-state index is 11.2. The smallest absolute Gasteiger partial charge is 0.237 e. The lowest BCUT2D eigenvalue weighted by Crippen LogP contribution is -2.46. The number of nitrogens with zero attached hydrogens (tertiary/aromatic N) is 1. The third kappa shape index (κ3) is 3.10. The van der Waals surface area contributed by atoms with Crippen molar-refractivity contribution in [2.45, 2.75) is 33.2 Å². The molecule has 0 N–H and O–H groups in total. The van der Waals surface area contributed by atoms with Crippen molar-refractivity contribution >= 4 is 17.5 Å². The molecule has 0 fully saturated rings. The molecule has 0 saturated heterocycles. The molecule has 0 aromatic rings. The van der Waals surface area contributed by atoms with Crippen LogP contribution in [0.5, 0.6) is 0 Å². The molecule has 11 heavy (non-hydrogen) atoms. The van der Waals surface area contributed by atoms with Crippen LogP contribution < -0.4 is 0 Å². The van der Waals surface area contributed by atoms with Crippen LogP contribution in [-0.4, -0.2) is 28.8 Å². The standard InChI is InChI=1S/C8H16ClNO/c1-5-10(7(11)6-9)8(2,3)4/h5-6H2,1-4H3. The van der Waals surface area contributed by atoms with Gasteiger partial charge >= 0.3 is 0 Å². The van der Waals surface area contributed by atoms with Crippen LogP contribution in [0.15, 0.2) is 0 Å². The first-order valence-electron chi connectivity index (χ1n) is 3.80. The summed E-state index contributed by atoms with van der Waals surface area (Å²) in [6.07, 6.45) is 0. The number of carbonyl (C=O) groups is 1. The van der Waals surface area contributed by atoms with Gasteiger partial charge in [-0.3, -0.25) is 4.79 Å². The minimum absolute atomic E-state index is 0.00154. The molecular weight excluding hydrogens is 162 g/mol. The number of amides is 1. The van der Waals surface area contributed by atoms with E-state index in [1.54, 1.807) is 4.90 Å². The first kappa shape index (κ1) is 10.8. The van der Waals surface area contributed by atoms with Gasteiger partial charge in [-0.1, -0.05) is 0 Å². The van der Waals surface area contributed by atoms with Crippen LogP contribution in [0.1, 0.15) is 27.7 Å². The van der Waals surface area contributed by atoms with E-state index in [9.17, 15) is 4.79 Å². The van der Waals surface area contributed by atoms with Crippen LogP contribution in [-0.2, 0) is 4.79 Å². The summed E-state index contributed by atoms with van der Waals surface area (Å²) in [6.45, 7) is 8.67. The van der Waals surface area contributed by atoms with Crippen molar-refractivity contribution < 1.29 is 4.79 Å². The molecule has 0 radical (unpaired) electrons. The average Bonchev–Trinajstić information content (AvgIpc) is 1.86. The highest BCUT2D eigenvalue weighted by atomic mass is 35.5. The zero-order chi connectivity index (χ0) is 9.07. The first-order valence-corrected chi connectivity index (χ1v) is 4.33. The van der Waals surface area contributed by atoms with Crippen molar-refractivity contribution in [3.63, 3.8) is 0 Å². The third-order valence-electron chi connectivity index (χ3n) is 1.54. The quantitative estimate of drug-likeness (QED) is 0.590. The van der Waals surface area contributed by atoms with Gasteiger partial charge in [0.25, 0.3) is 0 Å². The van der Waals surface area contributed by atoms with Crippen LogP contribution in [0.25, 0.3) is 0 Å². The third-order valence-corrected chi connectivity index (χ3v) is 1.77. The van der Waals surface area contributed by atoms with E-state index < -0.39 is 0 Å². The van der Waals surface area contributed by atoms with Crippen molar-refractivity contribution in [1.82, 2.24) is 4.90 Å². The summed E-state index contributed by atoms with van der Waals surface area (Å²) in [5.41, 5.74) is -0.110. The molecule has 3 heteroatoms. The average molecular weight is 178 g/mol. The SMILES string of the molecule is CCN(C(=O)CCl)C(C)(C)C. The maximum atomic E-state index is 11.2. The Morgan fingerprint density at radius 2 is 1.91 bits per heavy atom. The highest BCUT2D eigenvalue weighted by Gasteiger charge is 2.23. The Bertz CT molecular complexity index is 140. The second kappa shape index (κ2) is 3.96. The summed E-state index contributed by atoms with van der Waals surface area (Å²) in [7, 11) is 0. The molecule has 66 valence electrons. The van der Waals surface area contributed by atoms with E-state index in [1.165, 1.54) is 0 Å². The van der Waals surface area contributed by atoms with Gasteiger partial charge in [-0.15, -0.1) is 11.6 Å². The molecule has 1 amide bonds. The fourth-order valence-corrected chi connectivity index (χ4v) is 1.24. The minimum Gasteiger partial charge on any atom is -0.337 e. The monoisotopic (exact) mass is 177 g/mol. The Hall–Kier alpha value is -0.240. The second-order valence-corrected chi connectivity index (χ2v) is 3.71. The van der Waals surface area contributed by atoms with Gasteiger partial charge < -0.3 is 4.90 Å². The molecule has 0 aliphatic rings. The highest BCUT2D eigenvalue weighted by Crippen LogP contribution is 2.12. The fourth-order valence-electron chi connectivity index (χ4n) is 1.10. The van der Waals surface area contributed by atoms with Crippen LogP contribution in [0.2, 0.25) is 0 Å². The summed E-state index contributed by atoms with van der Waals surface area (Å²) < 4.78 is 0. The minimum atomic E-state index is -0.110. The van der Waals surface area contributed by atoms with Crippen molar-refractivity contribution in [1.29, 1.82) is 0 Å². The molecule has 0 heterocycles. The zero-order valence-electron chi connectivity index (χ0n) is 7.65. The lowest BCUT2D eigenvalue weighted by atomic mass is 10.1. The predicted molar refractivity (Wildman–Crippen MR) is 47.9 cm³/mol. The molecule has 0 aromatic heterocycles. The predicted octanol–water partition coefficient (Wildman–Crippen LogP) is 1.87. The molecule has 0 aromatic carbocycles. The van der Waals surface area contributed by atoms with Gasteiger partial charge in [0.1, 0.15) is 5.88 Å². The van der Waals surface area contributed by atoms with E-state index in [4.69, 9.17) is 11.6 Å². The Morgan fingerprint density at radius 1 is 1.45 bits per heavy atom. The summed E-state index contributed by atoms with van der Waals surface area (Å²) in [6, 6.07) is 0. The lowest BCUT2D eigenvalue weighted by Gasteiger charge is -2.34. The molecule has 0 spiro atoms. The Morgan fingerprint density at radius 3 is 2.00 bits per heavy atom. The Balaban J connectivity index is 4.29. The first-order chi connectivity index (χ1) is 4.93. The van der Waals surface area contributed by atoms with Crippen molar-refractivity contribution in [2.75, 3.05) is 12.4 Å². The molecule has 0 atom stereocenters. The molecule has 0 rings (SSSR count). The fraction of sp³-hybridized carbons (Fsp3) is 0.875. The van der Waals surface area contributed by atoms with Gasteiger partial charge in [0, 0.05) is 12.1 Å². The maximum Gasteiger partial charge on any atom is 0.237 e. The molecule has 0 aliphatic carbocycles. The summed E-state index contributed by atoms with van der Waals surface area (Å²) in [4.78, 5) is 12.9. The topological polar surface area (TPSA) is 20.3 Å². The molecular formula is C8H16ClNO. The van der Waals surface area contributed by atoms with Crippen molar-refractivity contribution in [3.8, 4) is 0 Å². The van der Waals surface area contributed by atoms with Gasteiger partial charge in [-0.25, -0.2) is 0 Å². The normalized spacial score (nSPS) is 11.4. The highest BCUT2D eigenvalue weighted by molar-refractivity contribution is 6.27. The largest absolute Gasteiger partial charge is 0.337 e. The van der Waals surface area contributed by atoms with E-state index in [0.29, 0.717) is 0 Å². The van der Waals surface area contributed by atoms with E-state index in [2.05, 4.69) is 0 Å². The van der Waals surface area contributed by atoms with Crippen molar-refractivity contribution in [2.24, 2.45) is 0 Å². The van der Waals surface area contributed by atoms with Gasteiger partial charge in [0.15, 0.2) is 0 Å². The van der Waals surface area contributed by atoms with Crippen LogP contribution >= 0.6 is 11.6 Å². The number of alkyl halides is 1. The summed E-state index contributed by atoms with van der Waals surface area (Å²) in [5, 5.41) is 0. The lowest BCUT2D eigenvalue weighted by molar-refractivity contribution is -0.132. The van der Waals surface area contributed by atoms with Gasteiger partial charge in [-0.2, -0.15) is 0 Å². The number of carbonyl (C=O) groups excluding carboxylic acids is 1. The Kier molecular flexibility index (Phi) is 3.87. The molecule has 0 unspecified atom stereocenters. The summed E-state index contributed by atoms with van der Waals surface area (Å²) in [5.74, 6) is 0.0761. The second-order valence-electron chi connectivity index (χ2n) is 3.44. The van der Waals surface area contributed by atoms with Gasteiger partial charge in [0.05, 0.1) is 0 Å². The molecule has 0 aliphatic heterocycles. The Labute approximate surface area is 73.5 Å². The number of rotatable bonds is 2. The van der Waals surface area contributed by atoms with Crippen LogP contribution in [0.3, 0.4) is 0 Å². The van der Waals surface area contributed by atoms with Crippen LogP contribution in [0.4, 0.5) is 0 Å². The number of hydrogen-bond acceptors (Lipinski definition) is 1. The van der Waals surface area contributed by atoms with Crippen LogP contribution in [0, 0.1) is 0 Å². The zero-order valence-corrected chi connectivity index (χ0v) is 8.40. The van der Waals surface area contributed by atoms with E-state index >= 15 is 0 Å². The van der Waals surface area contributed by atoms with Crippen molar-refractivity contribution in [3.05, 3.63) is 0 Å². The van der Waals surface area contributed by atoms with E-state index in [0.717, 1.165) is 6.54 Å². The van der Waals surface area contributed by atoms with Gasteiger partial charge in [-0.05, 0) is 27.7 Å². The molecule has 0 bridgehead atoms. The van der Waals surface area contributed by atoms with Gasteiger partial charge in [0.2, 0.25) is 5.91 Å². The molecule has 2 nitrogen and oxygen atoms in total.